The molecule has 0 saturated carbocycles. The number of esters is 1. The van der Waals surface area contributed by atoms with E-state index >= 15 is 0 Å². The Morgan fingerprint density at radius 1 is 1.25 bits per heavy atom. The Hall–Kier alpha value is -2.41. The van der Waals surface area contributed by atoms with E-state index in [9.17, 15) is 9.59 Å². The number of thiazole rings is 1. The van der Waals surface area contributed by atoms with Crippen molar-refractivity contribution in [1.82, 2.24) is 10.3 Å². The molecule has 0 aliphatic carbocycles. The molecule has 128 valence electrons. The Morgan fingerprint density at radius 3 is 2.62 bits per heavy atom. The zero-order valence-corrected chi connectivity index (χ0v) is 14.7. The lowest BCUT2D eigenvalue weighted by Crippen LogP contribution is -2.42. The minimum Gasteiger partial charge on any atom is -0.466 e. The van der Waals surface area contributed by atoms with Crippen LogP contribution >= 0.6 is 11.3 Å². The van der Waals surface area contributed by atoms with Gasteiger partial charge in [-0.05, 0) is 26.3 Å². The van der Waals surface area contributed by atoms with Crippen molar-refractivity contribution in [3.05, 3.63) is 36.5 Å². The Morgan fingerprint density at radius 2 is 1.96 bits per heavy atom. The van der Waals surface area contributed by atoms with Crippen molar-refractivity contribution in [2.45, 2.75) is 26.8 Å². The van der Waals surface area contributed by atoms with Gasteiger partial charge in [-0.1, -0.05) is 41.7 Å². The molecule has 1 aromatic heterocycles. The van der Waals surface area contributed by atoms with Crippen LogP contribution in [0.4, 0.5) is 9.93 Å². The lowest BCUT2D eigenvalue weighted by atomic mass is 10.0. The number of amides is 2. The molecular formula is C17H21N3O3S. The Kier molecular flexibility index (Phi) is 6.31. The fourth-order valence-electron chi connectivity index (χ4n) is 2.01. The van der Waals surface area contributed by atoms with Gasteiger partial charge in [0, 0.05) is 12.2 Å². The summed E-state index contributed by atoms with van der Waals surface area (Å²) in [6.45, 7) is 5.56. The summed E-state index contributed by atoms with van der Waals surface area (Å²) in [5.41, 5.74) is 1.05. The molecule has 0 fully saturated rings. The zero-order valence-electron chi connectivity index (χ0n) is 13.9. The number of rotatable bonds is 6. The van der Waals surface area contributed by atoms with E-state index in [1.54, 1.807) is 27.0 Å². The number of aromatic nitrogens is 1. The summed E-state index contributed by atoms with van der Waals surface area (Å²) in [5.74, 6) is -0.752. The van der Waals surface area contributed by atoms with Crippen molar-refractivity contribution in [1.29, 1.82) is 0 Å². The van der Waals surface area contributed by atoms with Gasteiger partial charge in [0.2, 0.25) is 0 Å². The van der Waals surface area contributed by atoms with E-state index in [1.165, 1.54) is 11.3 Å². The van der Waals surface area contributed by atoms with Gasteiger partial charge in [-0.3, -0.25) is 10.1 Å². The molecular weight excluding hydrogens is 326 g/mol. The average Bonchev–Trinajstić information content (AvgIpc) is 3.03. The maximum atomic E-state index is 12.0. The first-order valence-electron chi connectivity index (χ1n) is 7.76. The van der Waals surface area contributed by atoms with Crippen molar-refractivity contribution in [3.63, 3.8) is 0 Å². The van der Waals surface area contributed by atoms with Gasteiger partial charge in [-0.15, -0.1) is 0 Å². The minimum atomic E-state index is -0.424. The predicted molar refractivity (Wildman–Crippen MR) is 95.0 cm³/mol. The van der Waals surface area contributed by atoms with Crippen molar-refractivity contribution >= 4 is 28.5 Å². The number of nitrogens with one attached hydrogen (secondary N) is 2. The third-order valence-corrected chi connectivity index (χ3v) is 4.51. The second kappa shape index (κ2) is 8.44. The second-order valence-electron chi connectivity index (χ2n) is 5.32. The monoisotopic (exact) mass is 347 g/mol. The smallest absolute Gasteiger partial charge is 0.321 e. The van der Waals surface area contributed by atoms with Crippen LogP contribution < -0.4 is 10.6 Å². The molecule has 7 heteroatoms. The molecule has 0 aliphatic heterocycles. The molecule has 0 saturated heterocycles. The SMILES string of the molecule is CCOC(=O)[C@H](C)[C@@H](C)NC(=O)Nc1ncc(-c2ccccc2)s1. The van der Waals surface area contributed by atoms with Crippen LogP contribution in [0.5, 0.6) is 0 Å². The molecule has 1 aromatic carbocycles. The highest BCUT2D eigenvalue weighted by molar-refractivity contribution is 7.19. The van der Waals surface area contributed by atoms with Crippen molar-refractivity contribution < 1.29 is 14.3 Å². The molecule has 2 aromatic rings. The Balaban J connectivity index is 1.91. The molecule has 1 heterocycles. The van der Waals surface area contributed by atoms with Crippen LogP contribution in [0.25, 0.3) is 10.4 Å². The van der Waals surface area contributed by atoms with E-state index in [4.69, 9.17) is 4.74 Å². The molecule has 2 atom stereocenters. The lowest BCUT2D eigenvalue weighted by molar-refractivity contribution is -0.148. The minimum absolute atomic E-state index is 0.323. The maximum absolute atomic E-state index is 12.0. The summed E-state index contributed by atoms with van der Waals surface area (Å²) in [6.07, 6.45) is 1.72. The van der Waals surface area contributed by atoms with Crippen LogP contribution in [0.15, 0.2) is 36.5 Å². The van der Waals surface area contributed by atoms with Gasteiger partial charge < -0.3 is 10.1 Å². The van der Waals surface area contributed by atoms with Crippen molar-refractivity contribution in [2.75, 3.05) is 11.9 Å². The van der Waals surface area contributed by atoms with Gasteiger partial charge in [0.05, 0.1) is 17.4 Å². The molecule has 0 aliphatic rings. The van der Waals surface area contributed by atoms with Crippen LogP contribution in [-0.4, -0.2) is 29.6 Å². The highest BCUT2D eigenvalue weighted by Crippen LogP contribution is 2.28. The van der Waals surface area contributed by atoms with Gasteiger partial charge in [0.1, 0.15) is 0 Å². The first-order chi connectivity index (χ1) is 11.5. The number of carbonyl (C=O) groups is 2. The highest BCUT2D eigenvalue weighted by Gasteiger charge is 2.23. The van der Waals surface area contributed by atoms with Gasteiger partial charge in [-0.2, -0.15) is 0 Å². The molecule has 0 bridgehead atoms. The maximum Gasteiger partial charge on any atom is 0.321 e. The summed E-state index contributed by atoms with van der Waals surface area (Å²) in [7, 11) is 0. The topological polar surface area (TPSA) is 80.3 Å². The van der Waals surface area contributed by atoms with Gasteiger partial charge in [0.15, 0.2) is 5.13 Å². The van der Waals surface area contributed by atoms with E-state index in [-0.39, 0.29) is 12.0 Å². The third-order valence-electron chi connectivity index (χ3n) is 3.55. The highest BCUT2D eigenvalue weighted by atomic mass is 32.1. The van der Waals surface area contributed by atoms with Crippen LogP contribution in [0.3, 0.4) is 0 Å². The summed E-state index contributed by atoms with van der Waals surface area (Å²) in [5, 5.41) is 5.93. The quantitative estimate of drug-likeness (QED) is 0.784. The lowest BCUT2D eigenvalue weighted by Gasteiger charge is -2.19. The Bertz CT molecular complexity index is 687. The molecule has 2 amide bonds. The molecule has 2 N–H and O–H groups in total. The van der Waals surface area contributed by atoms with Crippen LogP contribution in [0, 0.1) is 5.92 Å². The fraction of sp³-hybridized carbons (Fsp3) is 0.353. The van der Waals surface area contributed by atoms with Gasteiger partial charge in [-0.25, -0.2) is 9.78 Å². The van der Waals surface area contributed by atoms with E-state index in [0.717, 1.165) is 10.4 Å². The third kappa shape index (κ3) is 4.79. The zero-order chi connectivity index (χ0) is 17.5. The number of ether oxygens (including phenoxy) is 1. The number of anilines is 1. The predicted octanol–water partition coefficient (Wildman–Crippen LogP) is 3.52. The van der Waals surface area contributed by atoms with Gasteiger partial charge >= 0.3 is 12.0 Å². The second-order valence-corrected chi connectivity index (χ2v) is 6.35. The summed E-state index contributed by atoms with van der Waals surface area (Å²) >= 11 is 1.39. The molecule has 2 rings (SSSR count). The number of hydrogen-bond acceptors (Lipinski definition) is 5. The number of hydrogen-bond donors (Lipinski definition) is 2. The summed E-state index contributed by atoms with van der Waals surface area (Å²) in [6, 6.07) is 9.08. The number of carbonyl (C=O) groups excluding carboxylic acids is 2. The average molecular weight is 347 g/mol. The van der Waals surface area contributed by atoms with E-state index in [2.05, 4.69) is 15.6 Å². The normalized spacial score (nSPS) is 13.0. The molecule has 0 radical (unpaired) electrons. The van der Waals surface area contributed by atoms with Crippen molar-refractivity contribution in [2.24, 2.45) is 5.92 Å². The number of urea groups is 1. The standard InChI is InChI=1S/C17H21N3O3S/c1-4-23-15(21)11(2)12(3)19-16(22)20-17-18-10-14(24-17)13-8-6-5-7-9-13/h5-12H,4H2,1-3H3,(H2,18,19,20,22)/t11-,12-/m1/s1. The Labute approximate surface area is 145 Å². The van der Waals surface area contributed by atoms with E-state index in [0.29, 0.717) is 11.7 Å². The van der Waals surface area contributed by atoms with Crippen LogP contribution in [0.2, 0.25) is 0 Å². The van der Waals surface area contributed by atoms with Gasteiger partial charge in [0.25, 0.3) is 0 Å². The van der Waals surface area contributed by atoms with Crippen LogP contribution in [0.1, 0.15) is 20.8 Å². The first-order valence-corrected chi connectivity index (χ1v) is 8.58. The summed E-state index contributed by atoms with van der Waals surface area (Å²) < 4.78 is 4.96. The van der Waals surface area contributed by atoms with E-state index < -0.39 is 11.9 Å². The number of nitrogens with zero attached hydrogens (tertiary/aromatic N) is 1. The molecule has 24 heavy (non-hydrogen) atoms. The molecule has 0 unspecified atom stereocenters. The number of benzene rings is 1. The molecule has 6 nitrogen and oxygen atoms in total. The van der Waals surface area contributed by atoms with Crippen molar-refractivity contribution in [3.8, 4) is 10.4 Å². The van der Waals surface area contributed by atoms with E-state index in [1.807, 2.05) is 30.3 Å². The largest absolute Gasteiger partial charge is 0.466 e. The summed E-state index contributed by atoms with van der Waals surface area (Å²) in [4.78, 5) is 28.9. The van der Waals surface area contributed by atoms with Crippen LogP contribution in [-0.2, 0) is 9.53 Å². The fourth-order valence-corrected chi connectivity index (χ4v) is 2.83. The molecule has 0 spiro atoms. The first kappa shape index (κ1) is 17.9.